The Morgan fingerprint density at radius 1 is 1.38 bits per heavy atom. The van der Waals surface area contributed by atoms with Crippen LogP contribution in [-0.2, 0) is 0 Å². The molecule has 0 saturated carbocycles. The summed E-state index contributed by atoms with van der Waals surface area (Å²) in [5.41, 5.74) is 6.82. The number of nitriles is 1. The van der Waals surface area contributed by atoms with Crippen molar-refractivity contribution in [1.82, 2.24) is 0 Å². The molecule has 0 unspecified atom stereocenters. The number of fused-ring (bicyclic) bond motifs is 1. The summed E-state index contributed by atoms with van der Waals surface area (Å²) in [7, 11) is 0. The van der Waals surface area contributed by atoms with Crippen LogP contribution in [0.15, 0.2) is 18.2 Å². The van der Waals surface area contributed by atoms with Gasteiger partial charge in [-0.2, -0.15) is 5.26 Å². The number of nitrogens with two attached hydrogens (primary N) is 1. The van der Waals surface area contributed by atoms with E-state index < -0.39 is 0 Å². The lowest BCUT2D eigenvalue weighted by atomic mass is 10.1. The normalized spacial score (nSPS) is 10.2. The number of aryl methyl sites for hydroxylation is 1. The summed E-state index contributed by atoms with van der Waals surface area (Å²) in [5, 5.41) is 9.88. The molecule has 0 saturated heterocycles. The van der Waals surface area contributed by atoms with E-state index in [1.54, 1.807) is 11.3 Å². The van der Waals surface area contributed by atoms with Gasteiger partial charge in [0.1, 0.15) is 6.07 Å². The Morgan fingerprint density at radius 3 is 2.85 bits per heavy atom. The lowest BCUT2D eigenvalue weighted by Gasteiger charge is -1.95. The Bertz CT molecular complexity index is 505. The second-order valence-corrected chi connectivity index (χ2v) is 4.23. The van der Waals surface area contributed by atoms with Crippen LogP contribution in [0, 0.1) is 18.3 Å². The van der Waals surface area contributed by atoms with Gasteiger partial charge in [-0.15, -0.1) is 11.3 Å². The van der Waals surface area contributed by atoms with Crippen LogP contribution in [-0.4, -0.2) is 0 Å². The predicted molar refractivity (Wildman–Crippen MR) is 55.7 cm³/mol. The van der Waals surface area contributed by atoms with Crippen LogP contribution in [0.4, 0.5) is 5.69 Å². The first-order chi connectivity index (χ1) is 6.20. The molecule has 13 heavy (non-hydrogen) atoms. The highest BCUT2D eigenvalue weighted by Crippen LogP contribution is 2.28. The van der Waals surface area contributed by atoms with Gasteiger partial charge in [-0.05, 0) is 30.5 Å². The van der Waals surface area contributed by atoms with Crippen molar-refractivity contribution in [3.63, 3.8) is 0 Å². The first kappa shape index (κ1) is 8.09. The van der Waals surface area contributed by atoms with Crippen molar-refractivity contribution in [3.8, 4) is 6.07 Å². The number of benzene rings is 1. The molecule has 0 fully saturated rings. The van der Waals surface area contributed by atoms with Gasteiger partial charge >= 0.3 is 0 Å². The highest BCUT2D eigenvalue weighted by molar-refractivity contribution is 7.19. The first-order valence-electron chi connectivity index (χ1n) is 3.90. The molecule has 1 heterocycles. The van der Waals surface area contributed by atoms with Crippen LogP contribution in [0.3, 0.4) is 0 Å². The summed E-state index contributed by atoms with van der Waals surface area (Å²) in [4.78, 5) is 1.24. The molecule has 1 aromatic carbocycles. The molecule has 0 aliphatic carbocycles. The van der Waals surface area contributed by atoms with E-state index in [0.29, 0.717) is 11.3 Å². The summed E-state index contributed by atoms with van der Waals surface area (Å²) in [5.74, 6) is 0. The van der Waals surface area contributed by atoms with Crippen LogP contribution in [0.2, 0.25) is 0 Å². The van der Waals surface area contributed by atoms with Gasteiger partial charge in [-0.1, -0.05) is 0 Å². The van der Waals surface area contributed by atoms with Crippen LogP contribution < -0.4 is 5.73 Å². The molecule has 0 bridgehead atoms. The van der Waals surface area contributed by atoms with Crippen molar-refractivity contribution in [2.24, 2.45) is 0 Å². The smallest absolute Gasteiger partial charge is 0.101 e. The van der Waals surface area contributed by atoms with E-state index in [-0.39, 0.29) is 0 Å². The van der Waals surface area contributed by atoms with Crippen molar-refractivity contribution < 1.29 is 0 Å². The number of anilines is 1. The lowest BCUT2D eigenvalue weighted by Crippen LogP contribution is -1.88. The average Bonchev–Trinajstić information content (AvgIpc) is 2.42. The molecule has 1 aromatic heterocycles. The molecule has 0 aliphatic rings. The second-order valence-electron chi connectivity index (χ2n) is 2.95. The maximum Gasteiger partial charge on any atom is 0.101 e. The molecule has 0 aliphatic heterocycles. The molecule has 3 heteroatoms. The van der Waals surface area contributed by atoms with Crippen LogP contribution in [0.5, 0.6) is 0 Å². The third-order valence-corrected chi connectivity index (χ3v) is 2.95. The Hall–Kier alpha value is -1.53. The van der Waals surface area contributed by atoms with Gasteiger partial charge in [0.15, 0.2) is 0 Å². The van der Waals surface area contributed by atoms with Gasteiger partial charge < -0.3 is 5.73 Å². The summed E-state index contributed by atoms with van der Waals surface area (Å²) in [6.45, 7) is 2.05. The Labute approximate surface area is 80.2 Å². The Balaban J connectivity index is 2.82. The van der Waals surface area contributed by atoms with Crippen LogP contribution >= 0.6 is 11.3 Å². The number of hydrogen-bond donors (Lipinski definition) is 1. The van der Waals surface area contributed by atoms with Crippen molar-refractivity contribution >= 4 is 27.1 Å². The summed E-state index contributed by atoms with van der Waals surface area (Å²) in [6, 6.07) is 7.87. The van der Waals surface area contributed by atoms with E-state index in [2.05, 4.69) is 12.1 Å². The number of thiophene rings is 1. The standard InChI is InChI=1S/C10H8N2S/c1-6-2-7-3-9(12)8(5-11)4-10(7)13-6/h2-4H,12H2,1H3. The molecule has 2 rings (SSSR count). The largest absolute Gasteiger partial charge is 0.398 e. The maximum absolute atomic E-state index is 8.76. The van der Waals surface area contributed by atoms with Crippen LogP contribution in [0.1, 0.15) is 10.4 Å². The van der Waals surface area contributed by atoms with E-state index in [1.165, 1.54) is 4.88 Å². The molecule has 2 N–H and O–H groups in total. The van der Waals surface area contributed by atoms with Crippen molar-refractivity contribution in [3.05, 3.63) is 28.6 Å². The first-order valence-corrected chi connectivity index (χ1v) is 4.72. The topological polar surface area (TPSA) is 49.8 Å². The highest BCUT2D eigenvalue weighted by Gasteiger charge is 2.03. The molecule has 0 spiro atoms. The van der Waals surface area contributed by atoms with Gasteiger partial charge in [-0.3, -0.25) is 0 Å². The molecular formula is C10H8N2S. The number of hydrogen-bond acceptors (Lipinski definition) is 3. The van der Waals surface area contributed by atoms with Crippen molar-refractivity contribution in [2.45, 2.75) is 6.92 Å². The van der Waals surface area contributed by atoms with E-state index in [4.69, 9.17) is 11.0 Å². The fourth-order valence-electron chi connectivity index (χ4n) is 1.33. The van der Waals surface area contributed by atoms with Gasteiger partial charge in [-0.25, -0.2) is 0 Å². The third kappa shape index (κ3) is 1.25. The fraction of sp³-hybridized carbons (Fsp3) is 0.100. The van der Waals surface area contributed by atoms with Gasteiger partial charge in [0.2, 0.25) is 0 Å². The van der Waals surface area contributed by atoms with E-state index >= 15 is 0 Å². The minimum atomic E-state index is 0.563. The number of nitrogen functional groups attached to an aromatic ring is 1. The summed E-state index contributed by atoms with van der Waals surface area (Å²) < 4.78 is 1.13. The predicted octanol–water partition coefficient (Wildman–Crippen LogP) is 2.66. The summed E-state index contributed by atoms with van der Waals surface area (Å²) in [6.07, 6.45) is 0. The van der Waals surface area contributed by atoms with E-state index in [1.807, 2.05) is 19.1 Å². The Kier molecular flexibility index (Phi) is 1.71. The molecule has 2 nitrogen and oxygen atoms in total. The van der Waals surface area contributed by atoms with Crippen molar-refractivity contribution in [2.75, 3.05) is 5.73 Å². The lowest BCUT2D eigenvalue weighted by molar-refractivity contribution is 1.50. The molecular weight excluding hydrogens is 180 g/mol. The molecule has 64 valence electrons. The zero-order chi connectivity index (χ0) is 9.42. The van der Waals surface area contributed by atoms with Crippen molar-refractivity contribution in [1.29, 1.82) is 5.26 Å². The molecule has 2 aromatic rings. The molecule has 0 radical (unpaired) electrons. The highest BCUT2D eigenvalue weighted by atomic mass is 32.1. The van der Waals surface area contributed by atoms with Gasteiger partial charge in [0.25, 0.3) is 0 Å². The SMILES string of the molecule is Cc1cc2cc(N)c(C#N)cc2s1. The van der Waals surface area contributed by atoms with E-state index in [0.717, 1.165) is 10.1 Å². The van der Waals surface area contributed by atoms with Gasteiger partial charge in [0, 0.05) is 9.58 Å². The zero-order valence-corrected chi connectivity index (χ0v) is 7.98. The van der Waals surface area contributed by atoms with E-state index in [9.17, 15) is 0 Å². The average molecular weight is 188 g/mol. The maximum atomic E-state index is 8.76. The zero-order valence-electron chi connectivity index (χ0n) is 7.16. The summed E-state index contributed by atoms with van der Waals surface area (Å²) >= 11 is 1.68. The minimum Gasteiger partial charge on any atom is -0.398 e. The number of nitrogens with zero attached hydrogens (tertiary/aromatic N) is 1. The minimum absolute atomic E-state index is 0.563. The molecule has 0 amide bonds. The van der Waals surface area contributed by atoms with Crippen LogP contribution in [0.25, 0.3) is 10.1 Å². The quantitative estimate of drug-likeness (QED) is 0.646. The third-order valence-electron chi connectivity index (χ3n) is 1.93. The monoisotopic (exact) mass is 188 g/mol. The number of rotatable bonds is 0. The fourth-order valence-corrected chi connectivity index (χ4v) is 2.28. The van der Waals surface area contributed by atoms with Gasteiger partial charge in [0.05, 0.1) is 11.3 Å². The molecule has 0 atom stereocenters. The Morgan fingerprint density at radius 2 is 2.15 bits per heavy atom. The second kappa shape index (κ2) is 2.75.